The number of benzene rings is 2. The van der Waals surface area contributed by atoms with Gasteiger partial charge in [-0.25, -0.2) is 4.79 Å². The molecule has 0 saturated carbocycles. The molecule has 5 heteroatoms. The smallest absolute Gasteiger partial charge is 0.410 e. The normalized spacial score (nSPS) is 15.4. The fourth-order valence-electron chi connectivity index (χ4n) is 4.50. The summed E-state index contributed by atoms with van der Waals surface area (Å²) >= 11 is 0. The highest BCUT2D eigenvalue weighted by Crippen LogP contribution is 2.25. The van der Waals surface area contributed by atoms with Crippen molar-refractivity contribution in [2.45, 2.75) is 71.1 Å². The number of aryl methyl sites for hydroxylation is 1. The lowest BCUT2D eigenvalue weighted by Crippen LogP contribution is -2.52. The molecule has 1 amide bonds. The molecule has 1 saturated heterocycles. The zero-order chi connectivity index (χ0) is 25.4. The van der Waals surface area contributed by atoms with Crippen LogP contribution in [0.1, 0.15) is 61.4 Å². The highest BCUT2D eigenvalue weighted by Gasteiger charge is 2.34. The fraction of sp³-hybridized carbons (Fsp3) is 0.419. The monoisotopic (exact) mass is 486 g/mol. The summed E-state index contributed by atoms with van der Waals surface area (Å²) in [6.45, 7) is 7.86. The molecule has 3 aromatic rings. The van der Waals surface area contributed by atoms with Gasteiger partial charge in [-0.15, -0.1) is 0 Å². The Balaban J connectivity index is 1.25. The van der Waals surface area contributed by atoms with Gasteiger partial charge in [0.25, 0.3) is 0 Å². The molecule has 2 heterocycles. The number of pyridine rings is 1. The highest BCUT2D eigenvalue weighted by atomic mass is 16.6. The zero-order valence-corrected chi connectivity index (χ0v) is 21.8. The van der Waals surface area contributed by atoms with Gasteiger partial charge in [0.05, 0.1) is 13.2 Å². The second-order valence-electron chi connectivity index (χ2n) is 10.6. The molecule has 1 aliphatic heterocycles. The molecule has 0 N–H and O–H groups in total. The summed E-state index contributed by atoms with van der Waals surface area (Å²) in [6, 6.07) is 21.5. The maximum Gasteiger partial charge on any atom is 0.410 e. The van der Waals surface area contributed by atoms with Crippen LogP contribution >= 0.6 is 0 Å². The van der Waals surface area contributed by atoms with Crippen molar-refractivity contribution in [2.75, 3.05) is 13.2 Å². The quantitative estimate of drug-likeness (QED) is 0.312. The summed E-state index contributed by atoms with van der Waals surface area (Å²) < 4.78 is 11.4. The third-order valence-corrected chi connectivity index (χ3v) is 6.44. The molecule has 0 spiro atoms. The second-order valence-corrected chi connectivity index (χ2v) is 10.6. The van der Waals surface area contributed by atoms with E-state index in [0.29, 0.717) is 13.2 Å². The van der Waals surface area contributed by atoms with E-state index in [1.165, 1.54) is 27.8 Å². The number of aromatic nitrogens is 1. The van der Waals surface area contributed by atoms with E-state index in [-0.39, 0.29) is 12.1 Å². The molecule has 2 aromatic carbocycles. The van der Waals surface area contributed by atoms with Gasteiger partial charge in [-0.05, 0) is 80.7 Å². The molecular weight excluding hydrogens is 448 g/mol. The Hall–Kier alpha value is -3.18. The topological polar surface area (TPSA) is 51.7 Å². The summed E-state index contributed by atoms with van der Waals surface area (Å²) in [5.74, 6) is 0. The average Bonchev–Trinajstić information content (AvgIpc) is 2.81. The van der Waals surface area contributed by atoms with Crippen LogP contribution in [0.3, 0.4) is 0 Å². The molecule has 1 aliphatic rings. The first-order valence-electron chi connectivity index (χ1n) is 13.0. The lowest BCUT2D eigenvalue weighted by molar-refractivity contribution is -0.00656. The minimum atomic E-state index is -0.456. The van der Waals surface area contributed by atoms with Crippen molar-refractivity contribution in [3.63, 3.8) is 0 Å². The van der Waals surface area contributed by atoms with Crippen LogP contribution < -0.4 is 0 Å². The van der Waals surface area contributed by atoms with E-state index in [1.54, 1.807) is 0 Å². The third kappa shape index (κ3) is 7.92. The summed E-state index contributed by atoms with van der Waals surface area (Å²) in [5.41, 5.74) is 5.74. The van der Waals surface area contributed by atoms with Crippen molar-refractivity contribution >= 4 is 6.09 Å². The van der Waals surface area contributed by atoms with Crippen LogP contribution in [0.2, 0.25) is 0 Å². The maximum atomic E-state index is 12.4. The number of carbonyl (C=O) groups excluding carboxylic acids is 1. The molecule has 1 aromatic heterocycles. The number of nitrogens with zero attached hydrogens (tertiary/aromatic N) is 2. The minimum Gasteiger partial charge on any atom is -0.444 e. The van der Waals surface area contributed by atoms with Crippen LogP contribution in [0.5, 0.6) is 0 Å². The van der Waals surface area contributed by atoms with Gasteiger partial charge in [0.1, 0.15) is 5.60 Å². The van der Waals surface area contributed by atoms with Crippen LogP contribution in [-0.4, -0.2) is 40.8 Å². The van der Waals surface area contributed by atoms with Crippen molar-refractivity contribution in [1.82, 2.24) is 9.88 Å². The van der Waals surface area contributed by atoms with Crippen LogP contribution in [0, 0.1) is 0 Å². The van der Waals surface area contributed by atoms with Gasteiger partial charge in [-0.3, -0.25) is 4.98 Å². The molecule has 1 atom stereocenters. The zero-order valence-electron chi connectivity index (χ0n) is 21.8. The third-order valence-electron chi connectivity index (χ3n) is 6.44. The Morgan fingerprint density at radius 2 is 1.64 bits per heavy atom. The first-order valence-corrected chi connectivity index (χ1v) is 13.0. The van der Waals surface area contributed by atoms with Crippen LogP contribution in [0.25, 0.3) is 0 Å². The van der Waals surface area contributed by atoms with Crippen molar-refractivity contribution in [3.05, 3.63) is 101 Å². The molecule has 5 nitrogen and oxygen atoms in total. The van der Waals surface area contributed by atoms with Gasteiger partial charge in [0, 0.05) is 25.0 Å². The summed E-state index contributed by atoms with van der Waals surface area (Å²) in [5, 5.41) is 0. The summed E-state index contributed by atoms with van der Waals surface area (Å²) in [7, 11) is 0. The fourth-order valence-corrected chi connectivity index (χ4v) is 4.50. The van der Waals surface area contributed by atoms with Gasteiger partial charge in [0.15, 0.2) is 0 Å². The SMILES string of the molecule is CC(C)(C)OC(=O)N1CC[C@H]1CCc1cncc(Cc2cccc(CCOCc3ccccc3)c2)c1. The number of carbonyl (C=O) groups is 1. The predicted octanol–water partition coefficient (Wildman–Crippen LogP) is 6.37. The molecule has 190 valence electrons. The van der Waals surface area contributed by atoms with Gasteiger partial charge in [0.2, 0.25) is 0 Å². The van der Waals surface area contributed by atoms with Crippen LogP contribution in [-0.2, 0) is 35.3 Å². The Labute approximate surface area is 215 Å². The molecule has 0 aliphatic carbocycles. The van der Waals surface area contributed by atoms with E-state index >= 15 is 0 Å². The molecular formula is C31H38N2O3. The molecule has 0 bridgehead atoms. The van der Waals surface area contributed by atoms with Gasteiger partial charge in [-0.2, -0.15) is 0 Å². The van der Waals surface area contributed by atoms with E-state index in [1.807, 2.05) is 56.3 Å². The first-order chi connectivity index (χ1) is 17.4. The van der Waals surface area contributed by atoms with Crippen molar-refractivity contribution in [3.8, 4) is 0 Å². The largest absolute Gasteiger partial charge is 0.444 e. The van der Waals surface area contributed by atoms with Crippen molar-refractivity contribution in [1.29, 1.82) is 0 Å². The van der Waals surface area contributed by atoms with Crippen molar-refractivity contribution < 1.29 is 14.3 Å². The van der Waals surface area contributed by atoms with Crippen LogP contribution in [0.15, 0.2) is 73.1 Å². The Bertz CT molecular complexity index is 1120. The minimum absolute atomic E-state index is 0.198. The lowest BCUT2D eigenvalue weighted by atomic mass is 9.95. The van der Waals surface area contributed by atoms with Crippen LogP contribution in [0.4, 0.5) is 4.79 Å². The number of amides is 1. The van der Waals surface area contributed by atoms with E-state index in [0.717, 1.165) is 38.6 Å². The molecule has 1 fully saturated rings. The first kappa shape index (κ1) is 25.9. The van der Waals surface area contributed by atoms with E-state index in [4.69, 9.17) is 9.47 Å². The Morgan fingerprint density at radius 1 is 0.917 bits per heavy atom. The van der Waals surface area contributed by atoms with E-state index < -0.39 is 5.60 Å². The predicted molar refractivity (Wildman–Crippen MR) is 143 cm³/mol. The number of hydrogen-bond donors (Lipinski definition) is 0. The highest BCUT2D eigenvalue weighted by molar-refractivity contribution is 5.69. The van der Waals surface area contributed by atoms with Gasteiger partial charge in [-0.1, -0.05) is 60.7 Å². The maximum absolute atomic E-state index is 12.4. The number of ether oxygens (including phenoxy) is 2. The number of likely N-dealkylation sites (tertiary alicyclic amines) is 1. The summed E-state index contributed by atoms with van der Waals surface area (Å²) in [6.07, 6.45) is 8.33. The number of rotatable bonds is 10. The van der Waals surface area contributed by atoms with Gasteiger partial charge < -0.3 is 14.4 Å². The van der Waals surface area contributed by atoms with E-state index in [2.05, 4.69) is 47.4 Å². The molecule has 0 radical (unpaired) electrons. The lowest BCUT2D eigenvalue weighted by Gasteiger charge is -2.41. The molecule has 0 unspecified atom stereocenters. The Morgan fingerprint density at radius 3 is 2.39 bits per heavy atom. The molecule has 36 heavy (non-hydrogen) atoms. The summed E-state index contributed by atoms with van der Waals surface area (Å²) in [4.78, 5) is 18.7. The van der Waals surface area contributed by atoms with E-state index in [9.17, 15) is 4.79 Å². The molecule has 4 rings (SSSR count). The Kier molecular flexibility index (Phi) is 8.76. The second kappa shape index (κ2) is 12.2. The van der Waals surface area contributed by atoms with Crippen molar-refractivity contribution in [2.24, 2.45) is 0 Å². The standard InChI is InChI=1S/C31H38N2O3/c1-31(2,3)36-30(34)33-16-14-29(33)13-12-27-20-28(22-32-21-27)19-26-11-7-10-24(18-26)15-17-35-23-25-8-5-4-6-9-25/h4-11,18,20-22,29H,12-17,19,23H2,1-3H3/t29-/m1/s1. The van der Waals surface area contributed by atoms with Gasteiger partial charge >= 0.3 is 6.09 Å². The number of hydrogen-bond acceptors (Lipinski definition) is 4. The average molecular weight is 487 g/mol.